The van der Waals surface area contributed by atoms with Gasteiger partial charge in [0.25, 0.3) is 5.91 Å². The third-order valence-corrected chi connectivity index (χ3v) is 3.62. The number of hydrogen-bond donors (Lipinski definition) is 2. The van der Waals surface area contributed by atoms with Gasteiger partial charge in [-0.2, -0.15) is 0 Å². The van der Waals surface area contributed by atoms with Crippen molar-refractivity contribution in [1.29, 1.82) is 0 Å². The maximum atomic E-state index is 12.4. The van der Waals surface area contributed by atoms with E-state index in [1.807, 2.05) is 6.07 Å². The molecule has 0 aliphatic rings. The molecular weight excluding hydrogens is 368 g/mol. The van der Waals surface area contributed by atoms with Gasteiger partial charge in [0, 0.05) is 17.6 Å². The van der Waals surface area contributed by atoms with E-state index in [-0.39, 0.29) is 5.70 Å². The predicted molar refractivity (Wildman–Crippen MR) is 104 cm³/mol. The van der Waals surface area contributed by atoms with E-state index in [1.54, 1.807) is 48.5 Å². The Morgan fingerprint density at radius 1 is 1.07 bits per heavy atom. The summed E-state index contributed by atoms with van der Waals surface area (Å²) in [6.07, 6.45) is 0.398. The summed E-state index contributed by atoms with van der Waals surface area (Å²) in [5, 5.41) is 5.51. The first-order valence-electron chi connectivity index (χ1n) is 8.17. The van der Waals surface area contributed by atoms with Gasteiger partial charge < -0.3 is 15.4 Å². The third-order valence-electron chi connectivity index (χ3n) is 3.39. The Kier molecular flexibility index (Phi) is 7.14. The zero-order valence-electron chi connectivity index (χ0n) is 14.9. The van der Waals surface area contributed by atoms with Crippen molar-refractivity contribution in [1.82, 2.24) is 5.32 Å². The number of carbonyl (C=O) groups excluding carboxylic acids is 3. The molecule has 2 N–H and O–H groups in total. The van der Waals surface area contributed by atoms with Crippen LogP contribution < -0.4 is 10.6 Å². The molecule has 0 radical (unpaired) electrons. The molecule has 0 aromatic heterocycles. The van der Waals surface area contributed by atoms with Crippen LogP contribution in [0.3, 0.4) is 0 Å². The molecule has 2 aromatic carbocycles. The molecule has 0 aliphatic heterocycles. The minimum Gasteiger partial charge on any atom is -0.448 e. The molecule has 27 heavy (non-hydrogen) atoms. The minimum atomic E-state index is -1.08. The predicted octanol–water partition coefficient (Wildman–Crippen LogP) is 3.39. The fourth-order valence-electron chi connectivity index (χ4n) is 2.14. The lowest BCUT2D eigenvalue weighted by Crippen LogP contribution is -2.33. The number of carbonyl (C=O) groups is 3. The molecule has 0 aliphatic carbocycles. The van der Waals surface area contributed by atoms with Crippen LogP contribution in [0.25, 0.3) is 6.08 Å². The summed E-state index contributed by atoms with van der Waals surface area (Å²) in [4.78, 5) is 36.0. The topological polar surface area (TPSA) is 84.5 Å². The molecule has 1 atom stereocenters. The van der Waals surface area contributed by atoms with Crippen molar-refractivity contribution in [2.24, 2.45) is 0 Å². The summed E-state index contributed by atoms with van der Waals surface area (Å²) in [7, 11) is 0. The lowest BCUT2D eigenvalue weighted by Gasteiger charge is -2.15. The Hall–Kier alpha value is -3.12. The van der Waals surface area contributed by atoms with Crippen molar-refractivity contribution in [2.75, 3.05) is 5.32 Å². The van der Waals surface area contributed by atoms with E-state index in [2.05, 4.69) is 10.6 Å². The maximum absolute atomic E-state index is 12.4. The van der Waals surface area contributed by atoms with Crippen LogP contribution in [0, 0.1) is 0 Å². The van der Waals surface area contributed by atoms with E-state index in [0.717, 1.165) is 0 Å². The van der Waals surface area contributed by atoms with Crippen molar-refractivity contribution >= 4 is 41.1 Å². The number of rotatable bonds is 6. The van der Waals surface area contributed by atoms with Crippen molar-refractivity contribution < 1.29 is 19.1 Å². The molecule has 7 heteroatoms. The first-order valence-corrected chi connectivity index (χ1v) is 8.54. The fourth-order valence-corrected chi connectivity index (χ4v) is 2.33. The van der Waals surface area contributed by atoms with Crippen LogP contribution in [-0.2, 0) is 19.1 Å². The van der Waals surface area contributed by atoms with Crippen LogP contribution in [0.2, 0.25) is 5.02 Å². The van der Waals surface area contributed by atoms with Crippen molar-refractivity contribution in [3.05, 3.63) is 70.9 Å². The quantitative estimate of drug-likeness (QED) is 0.588. The summed E-state index contributed by atoms with van der Waals surface area (Å²) in [6.45, 7) is 2.72. The van der Waals surface area contributed by atoms with Gasteiger partial charge in [-0.25, -0.2) is 4.79 Å². The number of esters is 1. The number of nitrogens with one attached hydrogen (secondary N) is 2. The summed E-state index contributed by atoms with van der Waals surface area (Å²) in [5.74, 6) is -1.76. The van der Waals surface area contributed by atoms with Gasteiger partial charge in [0.1, 0.15) is 5.70 Å². The molecule has 6 nitrogen and oxygen atoms in total. The van der Waals surface area contributed by atoms with Gasteiger partial charge >= 0.3 is 5.97 Å². The highest BCUT2D eigenvalue weighted by molar-refractivity contribution is 6.30. The monoisotopic (exact) mass is 386 g/mol. The Labute approximate surface area is 162 Å². The summed E-state index contributed by atoms with van der Waals surface area (Å²) < 4.78 is 5.18. The van der Waals surface area contributed by atoms with Crippen LogP contribution in [0.5, 0.6) is 0 Å². The fraction of sp³-hybridized carbons (Fsp3) is 0.150. The van der Waals surface area contributed by atoms with E-state index in [4.69, 9.17) is 16.3 Å². The van der Waals surface area contributed by atoms with Crippen LogP contribution in [-0.4, -0.2) is 23.9 Å². The maximum Gasteiger partial charge on any atom is 0.355 e. The smallest absolute Gasteiger partial charge is 0.355 e. The zero-order valence-corrected chi connectivity index (χ0v) is 15.6. The third kappa shape index (κ3) is 6.60. The van der Waals surface area contributed by atoms with E-state index < -0.39 is 23.9 Å². The number of anilines is 1. The minimum absolute atomic E-state index is 0.0592. The van der Waals surface area contributed by atoms with Gasteiger partial charge in [0.2, 0.25) is 5.91 Å². The number of ether oxygens (including phenoxy) is 1. The van der Waals surface area contributed by atoms with E-state index in [9.17, 15) is 14.4 Å². The van der Waals surface area contributed by atoms with Gasteiger partial charge in [0.15, 0.2) is 6.10 Å². The molecule has 140 valence electrons. The number of hydrogen-bond acceptors (Lipinski definition) is 4. The van der Waals surface area contributed by atoms with Crippen molar-refractivity contribution in [2.45, 2.75) is 20.0 Å². The van der Waals surface area contributed by atoms with Crippen LogP contribution >= 0.6 is 11.6 Å². The second-order valence-electron chi connectivity index (χ2n) is 5.70. The Bertz CT molecular complexity index is 865. The number of benzene rings is 2. The Morgan fingerprint density at radius 2 is 1.78 bits per heavy atom. The van der Waals surface area contributed by atoms with Gasteiger partial charge in [-0.3, -0.25) is 9.59 Å². The molecule has 0 spiro atoms. The second kappa shape index (κ2) is 9.54. The summed E-state index contributed by atoms with van der Waals surface area (Å²) in [6, 6.07) is 15.6. The highest BCUT2D eigenvalue weighted by atomic mass is 35.5. The highest BCUT2D eigenvalue weighted by Crippen LogP contribution is 2.15. The molecule has 0 bridgehead atoms. The molecule has 2 aromatic rings. The molecular formula is C20H19ClN2O4. The second-order valence-corrected chi connectivity index (χ2v) is 6.13. The van der Waals surface area contributed by atoms with Crippen LogP contribution in [0.1, 0.15) is 19.4 Å². The zero-order chi connectivity index (χ0) is 19.8. The van der Waals surface area contributed by atoms with E-state index >= 15 is 0 Å². The Balaban J connectivity index is 2.08. The highest BCUT2D eigenvalue weighted by Gasteiger charge is 2.21. The molecule has 0 saturated carbocycles. The van der Waals surface area contributed by atoms with Gasteiger partial charge in [-0.1, -0.05) is 48.0 Å². The van der Waals surface area contributed by atoms with Gasteiger partial charge in [0.05, 0.1) is 0 Å². The Morgan fingerprint density at radius 3 is 2.41 bits per heavy atom. The molecule has 2 amide bonds. The van der Waals surface area contributed by atoms with Gasteiger partial charge in [-0.15, -0.1) is 0 Å². The van der Waals surface area contributed by atoms with Crippen LogP contribution in [0.15, 0.2) is 60.3 Å². The standard InChI is InChI=1S/C20H19ClN2O4/c1-13(19(25)23-17-10-6-9-16(21)12-17)27-20(26)18(22-14(2)24)11-15-7-4-3-5-8-15/h3-13H,1-2H3,(H,22,24)(H,23,25)/b18-11-/t13-/m0/s1. The van der Waals surface area contributed by atoms with Gasteiger partial charge in [-0.05, 0) is 36.8 Å². The molecule has 0 unspecified atom stereocenters. The largest absolute Gasteiger partial charge is 0.448 e. The molecule has 0 heterocycles. The summed E-state index contributed by atoms with van der Waals surface area (Å²) >= 11 is 5.87. The normalized spacial score (nSPS) is 12.0. The van der Waals surface area contributed by atoms with Crippen LogP contribution in [0.4, 0.5) is 5.69 Å². The van der Waals surface area contributed by atoms with E-state index in [1.165, 1.54) is 19.9 Å². The van der Waals surface area contributed by atoms with Crippen molar-refractivity contribution in [3.63, 3.8) is 0 Å². The van der Waals surface area contributed by atoms with Crippen molar-refractivity contribution in [3.8, 4) is 0 Å². The lowest BCUT2D eigenvalue weighted by molar-refractivity contribution is -0.149. The number of amides is 2. The SMILES string of the molecule is CC(=O)N/C(=C\c1ccccc1)C(=O)O[C@@H](C)C(=O)Nc1cccc(Cl)c1. The molecule has 0 fully saturated rings. The number of halogens is 1. The first-order chi connectivity index (χ1) is 12.8. The first kappa shape index (κ1) is 20.2. The molecule has 2 rings (SSSR count). The van der Waals surface area contributed by atoms with E-state index in [0.29, 0.717) is 16.3 Å². The molecule has 0 saturated heterocycles. The summed E-state index contributed by atoms with van der Waals surface area (Å²) in [5.41, 5.74) is 1.13. The lowest BCUT2D eigenvalue weighted by atomic mass is 10.2. The average Bonchev–Trinajstić information content (AvgIpc) is 2.61. The average molecular weight is 387 g/mol.